The van der Waals surface area contributed by atoms with Crippen molar-refractivity contribution < 1.29 is 48.8 Å². The van der Waals surface area contributed by atoms with Crippen LogP contribution < -0.4 is 0 Å². The summed E-state index contributed by atoms with van der Waals surface area (Å²) in [5, 5.41) is 50.0. The van der Waals surface area contributed by atoms with Crippen molar-refractivity contribution in [2.45, 2.75) is 146 Å². The number of phosphoric acid groups is 1. The van der Waals surface area contributed by atoms with E-state index in [4.69, 9.17) is 13.8 Å². The molecule has 0 saturated heterocycles. The number of aliphatic hydroxyl groups excluding tert-OH is 5. The molecule has 8 atom stereocenters. The number of unbranched alkanes of at least 4 members (excludes halogenated alkanes) is 15. The second-order valence-electron chi connectivity index (χ2n) is 12.2. The number of rotatable bonds is 26. The Bertz CT molecular complexity index is 880. The van der Waals surface area contributed by atoms with Crippen LogP contribution in [0.5, 0.6) is 0 Å². The molecule has 258 valence electrons. The van der Waals surface area contributed by atoms with E-state index < -0.39 is 56.9 Å². The molecule has 6 N–H and O–H groups in total. The first-order valence-electron chi connectivity index (χ1n) is 16.8. The standard InChI is InChI=1S/C31H59N2O10P/c1-2-3-4-5-6-7-8-9-10-11-12-13-14-15-16-17-20-41-22-25(33-19-18-32-24-33)23-42-44(39,40)43-31-28(36)26(21-34)27(35)29(37)30(31)38/h18-19,24-31,34-38H,2-17,20-23H2,1H3,(H,39,40)/t25-,26?,27?,28?,29?,30?,31?/m1/s1. The van der Waals surface area contributed by atoms with Crippen molar-refractivity contribution in [1.29, 1.82) is 0 Å². The number of aliphatic hydroxyl groups is 5. The van der Waals surface area contributed by atoms with Crippen molar-refractivity contribution >= 4 is 7.82 Å². The summed E-state index contributed by atoms with van der Waals surface area (Å²) in [5.74, 6) is -1.28. The van der Waals surface area contributed by atoms with Gasteiger partial charge in [-0.15, -0.1) is 0 Å². The summed E-state index contributed by atoms with van der Waals surface area (Å²) in [6, 6.07) is -0.499. The summed E-state index contributed by atoms with van der Waals surface area (Å²) < 4.78 is 30.4. The molecule has 13 heteroatoms. The number of ether oxygens (including phenoxy) is 1. The van der Waals surface area contributed by atoms with Crippen LogP contribution in [-0.4, -0.2) is 96.9 Å². The number of aromatic nitrogens is 2. The summed E-state index contributed by atoms with van der Waals surface area (Å²) in [4.78, 5) is 14.3. The molecule has 2 rings (SSSR count). The Balaban J connectivity index is 1.59. The third-order valence-corrected chi connectivity index (χ3v) is 9.53. The molecule has 1 aliphatic carbocycles. The molecule has 1 aromatic rings. The highest BCUT2D eigenvalue weighted by atomic mass is 31.2. The number of nitrogens with zero attached hydrogens (tertiary/aromatic N) is 2. The van der Waals surface area contributed by atoms with Crippen molar-refractivity contribution in [2.75, 3.05) is 26.4 Å². The van der Waals surface area contributed by atoms with Crippen molar-refractivity contribution in [3.05, 3.63) is 18.7 Å². The molecule has 44 heavy (non-hydrogen) atoms. The molecular formula is C31H59N2O10P. The van der Waals surface area contributed by atoms with Crippen molar-refractivity contribution in [3.8, 4) is 0 Å². The van der Waals surface area contributed by atoms with Crippen LogP contribution in [0, 0.1) is 5.92 Å². The first-order valence-corrected chi connectivity index (χ1v) is 18.3. The Morgan fingerprint density at radius 3 is 1.82 bits per heavy atom. The van der Waals surface area contributed by atoms with E-state index >= 15 is 0 Å². The molecular weight excluding hydrogens is 591 g/mol. The van der Waals surface area contributed by atoms with Crippen molar-refractivity contribution in [2.24, 2.45) is 5.92 Å². The zero-order chi connectivity index (χ0) is 32.2. The van der Waals surface area contributed by atoms with Crippen LogP contribution in [-0.2, 0) is 18.3 Å². The first-order chi connectivity index (χ1) is 21.2. The Morgan fingerprint density at radius 2 is 1.32 bits per heavy atom. The summed E-state index contributed by atoms with van der Waals surface area (Å²) in [5.41, 5.74) is 0. The van der Waals surface area contributed by atoms with E-state index in [1.807, 2.05) is 0 Å². The maximum Gasteiger partial charge on any atom is 0.472 e. The van der Waals surface area contributed by atoms with Crippen molar-refractivity contribution in [3.63, 3.8) is 0 Å². The lowest BCUT2D eigenvalue weighted by atomic mass is 9.79. The fourth-order valence-corrected chi connectivity index (χ4v) is 6.66. The lowest BCUT2D eigenvalue weighted by Gasteiger charge is -2.43. The van der Waals surface area contributed by atoms with E-state index in [0.29, 0.717) is 6.61 Å². The lowest BCUT2D eigenvalue weighted by molar-refractivity contribution is -0.206. The third kappa shape index (κ3) is 14.7. The lowest BCUT2D eigenvalue weighted by Crippen LogP contribution is -2.62. The zero-order valence-electron chi connectivity index (χ0n) is 26.6. The molecule has 1 heterocycles. The number of hydrogen-bond donors (Lipinski definition) is 6. The smallest absolute Gasteiger partial charge is 0.396 e. The second kappa shape index (κ2) is 22.6. The molecule has 0 spiro atoms. The van der Waals surface area contributed by atoms with Gasteiger partial charge in [-0.3, -0.25) is 9.05 Å². The summed E-state index contributed by atoms with van der Waals surface area (Å²) in [7, 11) is -4.84. The average molecular weight is 651 g/mol. The van der Waals surface area contributed by atoms with Gasteiger partial charge in [0, 0.05) is 24.9 Å². The second-order valence-corrected chi connectivity index (χ2v) is 13.6. The van der Waals surface area contributed by atoms with Crippen LogP contribution in [0.25, 0.3) is 0 Å². The van der Waals surface area contributed by atoms with Crippen LogP contribution in [0.3, 0.4) is 0 Å². The highest BCUT2D eigenvalue weighted by molar-refractivity contribution is 7.47. The van der Waals surface area contributed by atoms with Gasteiger partial charge in [0.15, 0.2) is 0 Å². The molecule has 1 fully saturated rings. The molecule has 1 aromatic heterocycles. The topological polar surface area (TPSA) is 184 Å². The fourth-order valence-electron chi connectivity index (χ4n) is 5.68. The quantitative estimate of drug-likeness (QED) is 0.0622. The number of hydrogen-bond acceptors (Lipinski definition) is 10. The third-order valence-electron chi connectivity index (χ3n) is 8.55. The van der Waals surface area contributed by atoms with E-state index in [1.54, 1.807) is 17.0 Å². The van der Waals surface area contributed by atoms with Gasteiger partial charge in [0.25, 0.3) is 0 Å². The van der Waals surface area contributed by atoms with Gasteiger partial charge in [0.2, 0.25) is 0 Å². The molecule has 1 aliphatic rings. The molecule has 0 bridgehead atoms. The predicted molar refractivity (Wildman–Crippen MR) is 167 cm³/mol. The molecule has 12 nitrogen and oxygen atoms in total. The normalized spacial score (nSPS) is 26.1. The van der Waals surface area contributed by atoms with Gasteiger partial charge in [0.1, 0.15) is 18.3 Å². The average Bonchev–Trinajstić information content (AvgIpc) is 3.54. The molecule has 0 radical (unpaired) electrons. The SMILES string of the molecule is CCCCCCCCCCCCCCCCCCOC[C@H](COP(=O)(O)OC1C(O)C(O)C(O)C(CO)C1O)n1ccnc1. The van der Waals surface area contributed by atoms with Crippen LogP contribution in [0.15, 0.2) is 18.7 Å². The number of imidazole rings is 1. The zero-order valence-corrected chi connectivity index (χ0v) is 27.5. The Hall–Kier alpha value is -0.920. The summed E-state index contributed by atoms with van der Waals surface area (Å²) >= 11 is 0. The molecule has 0 amide bonds. The van der Waals surface area contributed by atoms with Gasteiger partial charge in [-0.2, -0.15) is 0 Å². The Morgan fingerprint density at radius 1 is 0.773 bits per heavy atom. The molecule has 7 unspecified atom stereocenters. The van der Waals surface area contributed by atoms with Gasteiger partial charge < -0.3 is 39.7 Å². The van der Waals surface area contributed by atoms with Crippen LogP contribution >= 0.6 is 7.82 Å². The minimum absolute atomic E-state index is 0.196. The van der Waals surface area contributed by atoms with E-state index in [-0.39, 0.29) is 13.2 Å². The summed E-state index contributed by atoms with van der Waals surface area (Å²) in [6.07, 6.45) is 16.6. The highest BCUT2D eigenvalue weighted by Crippen LogP contribution is 2.48. The maximum absolute atomic E-state index is 12.7. The molecule has 0 aliphatic heterocycles. The van der Waals surface area contributed by atoms with Crippen molar-refractivity contribution in [1.82, 2.24) is 9.55 Å². The monoisotopic (exact) mass is 650 g/mol. The van der Waals surface area contributed by atoms with Gasteiger partial charge >= 0.3 is 7.82 Å². The van der Waals surface area contributed by atoms with E-state index in [0.717, 1.165) is 12.8 Å². The van der Waals surface area contributed by atoms with E-state index in [2.05, 4.69) is 11.9 Å². The maximum atomic E-state index is 12.7. The van der Waals surface area contributed by atoms with Gasteiger partial charge in [-0.05, 0) is 6.42 Å². The summed E-state index contributed by atoms with van der Waals surface area (Å²) in [6.45, 7) is 1.97. The largest absolute Gasteiger partial charge is 0.472 e. The van der Waals surface area contributed by atoms with Crippen LogP contribution in [0.4, 0.5) is 0 Å². The molecule has 0 aromatic carbocycles. The Labute approximate surface area is 263 Å². The minimum atomic E-state index is -4.84. The Kier molecular flexibility index (Phi) is 20.1. The fraction of sp³-hybridized carbons (Fsp3) is 0.903. The number of phosphoric ester groups is 1. The van der Waals surface area contributed by atoms with Gasteiger partial charge in [-0.1, -0.05) is 103 Å². The molecule has 1 saturated carbocycles. The van der Waals surface area contributed by atoms with Gasteiger partial charge in [0.05, 0.1) is 44.4 Å². The predicted octanol–water partition coefficient (Wildman–Crippen LogP) is 4.27. The van der Waals surface area contributed by atoms with Crippen LogP contribution in [0.1, 0.15) is 116 Å². The first kappa shape index (κ1) is 39.3. The van der Waals surface area contributed by atoms with Gasteiger partial charge in [-0.25, -0.2) is 9.55 Å². The van der Waals surface area contributed by atoms with E-state index in [1.165, 1.54) is 96.2 Å². The van der Waals surface area contributed by atoms with E-state index in [9.17, 15) is 35.0 Å². The van der Waals surface area contributed by atoms with Crippen LogP contribution in [0.2, 0.25) is 0 Å². The highest BCUT2D eigenvalue weighted by Gasteiger charge is 2.51. The minimum Gasteiger partial charge on any atom is -0.396 e.